The quantitative estimate of drug-likeness (QED) is 0.264. The van der Waals surface area contributed by atoms with Crippen molar-refractivity contribution in [2.45, 2.75) is 270 Å². The predicted molar refractivity (Wildman–Crippen MR) is 194 cm³/mol. The van der Waals surface area contributed by atoms with Crippen molar-refractivity contribution in [2.24, 2.45) is 0 Å². The zero-order chi connectivity index (χ0) is 29.7. The lowest BCUT2D eigenvalue weighted by Crippen LogP contribution is -0.856. The fourth-order valence-corrected chi connectivity index (χ4v) is 0. The highest BCUT2D eigenvalue weighted by Gasteiger charge is 1.99. The van der Waals surface area contributed by atoms with Crippen LogP contribution in [-0.2, 0) is 0 Å². The molecule has 0 saturated heterocycles. The van der Waals surface area contributed by atoms with Gasteiger partial charge in [-0.25, -0.2) is 0 Å². The molecule has 252 valence electrons. The Hall–Kier alpha value is 0. The summed E-state index contributed by atoms with van der Waals surface area (Å²) in [5.74, 6) is 0. The number of rotatable bonds is 0. The topological polar surface area (TPSA) is 0 Å². The normalized spacial score (nSPS) is 24.0. The minimum absolute atomic E-state index is 1.50. The molecule has 0 bridgehead atoms. The van der Waals surface area contributed by atoms with Crippen LogP contribution in [0.25, 0.3) is 0 Å². The third-order valence-corrected chi connectivity index (χ3v) is 4.95. The van der Waals surface area contributed by atoms with E-state index in [0.717, 1.165) is 0 Å². The molecule has 0 aromatic heterocycles. The van der Waals surface area contributed by atoms with Gasteiger partial charge >= 0.3 is 0 Å². The molecule has 0 aliphatic heterocycles. The molecule has 0 radical (unpaired) electrons. The Bertz CT molecular complexity index is 226. The molecule has 0 heteroatoms. The summed E-state index contributed by atoms with van der Waals surface area (Å²) < 4.78 is 0. The fraction of sp³-hybridized carbons (Fsp3) is 1.00. The zero-order valence-corrected chi connectivity index (χ0v) is 29.7. The second-order valence-electron chi connectivity index (χ2n) is 14.8. The monoisotopic (exact) mass is 589 g/mol. The maximum Gasteiger partial charge on any atom is -0.0533 e. The van der Waals surface area contributed by atoms with Gasteiger partial charge in [0.1, 0.15) is 0 Å². The minimum atomic E-state index is 1.50. The summed E-state index contributed by atoms with van der Waals surface area (Å²) in [5, 5.41) is 0. The first kappa shape index (κ1) is 40.0. The van der Waals surface area contributed by atoms with Crippen molar-refractivity contribution in [1.82, 2.24) is 0 Å². The summed E-state index contributed by atoms with van der Waals surface area (Å²) in [7, 11) is 0. The van der Waals surface area contributed by atoms with Crippen molar-refractivity contribution in [3.05, 3.63) is 0 Å². The predicted octanol–water partition coefficient (Wildman–Crippen LogP) is 16.4. The van der Waals surface area contributed by atoms with Gasteiger partial charge in [0.2, 0.25) is 0 Å². The molecular formula is C42H84. The van der Waals surface area contributed by atoms with Crippen molar-refractivity contribution in [3.63, 3.8) is 0 Å². The van der Waals surface area contributed by atoms with Gasteiger partial charge in [-0.1, -0.05) is 270 Å². The second-order valence-corrected chi connectivity index (χ2v) is 14.8. The van der Waals surface area contributed by atoms with Crippen molar-refractivity contribution in [1.29, 1.82) is 0 Å². The van der Waals surface area contributed by atoms with Crippen LogP contribution in [0.5, 0.6) is 0 Å². The maximum absolute atomic E-state index is 1.50. The molecule has 0 amide bonds. The first-order valence-corrected chi connectivity index (χ1v) is 21.0. The SMILES string of the molecule is C1CC1.C1CC1.C1CC1.C1CC1.C1CC1.C1CC1.C1CC1.C1CC1.C1CC1.C1CC1.C1CC1.C1CC1.C1CC1.C1CC1. The van der Waals surface area contributed by atoms with Gasteiger partial charge in [-0.15, -0.1) is 0 Å². The highest BCUT2D eigenvalue weighted by atomic mass is 14.1. The molecule has 0 atom stereocenters. The van der Waals surface area contributed by atoms with Crippen LogP contribution >= 0.6 is 0 Å². The third kappa shape index (κ3) is 310. The van der Waals surface area contributed by atoms with E-state index in [9.17, 15) is 0 Å². The van der Waals surface area contributed by atoms with Crippen LogP contribution in [0.1, 0.15) is 270 Å². The van der Waals surface area contributed by atoms with E-state index < -0.39 is 0 Å². The summed E-state index contributed by atoms with van der Waals surface area (Å²) in [6, 6.07) is 0. The van der Waals surface area contributed by atoms with Crippen LogP contribution in [0.4, 0.5) is 0 Å². The number of hydrogen-bond acceptors (Lipinski definition) is 0. The van der Waals surface area contributed by atoms with Gasteiger partial charge in [-0.3, -0.25) is 0 Å². The Labute approximate surface area is 269 Å². The third-order valence-electron chi connectivity index (χ3n) is 4.95. The molecule has 0 nitrogen and oxygen atoms in total. The molecule has 14 aliphatic carbocycles. The van der Waals surface area contributed by atoms with Gasteiger partial charge in [0.25, 0.3) is 0 Å². The zero-order valence-electron chi connectivity index (χ0n) is 29.7. The van der Waals surface area contributed by atoms with E-state index in [0.29, 0.717) is 0 Å². The van der Waals surface area contributed by atoms with Gasteiger partial charge in [0.05, 0.1) is 0 Å². The van der Waals surface area contributed by atoms with E-state index in [-0.39, 0.29) is 0 Å². The van der Waals surface area contributed by atoms with E-state index in [2.05, 4.69) is 0 Å². The van der Waals surface area contributed by atoms with E-state index in [4.69, 9.17) is 0 Å². The van der Waals surface area contributed by atoms with Crippen molar-refractivity contribution < 1.29 is 0 Å². The smallest absolute Gasteiger partial charge is 0.0533 e. The summed E-state index contributed by atoms with van der Waals surface area (Å²) in [6.45, 7) is 0. The van der Waals surface area contributed by atoms with Crippen molar-refractivity contribution >= 4 is 0 Å². The Morgan fingerprint density at radius 3 is 0.0714 bits per heavy atom. The minimum Gasteiger partial charge on any atom is -0.0533 e. The molecule has 42 heavy (non-hydrogen) atoms. The van der Waals surface area contributed by atoms with E-state index in [1.807, 2.05) is 0 Å². The molecule has 0 heterocycles. The fourth-order valence-electron chi connectivity index (χ4n) is 0. The highest BCUT2D eigenvalue weighted by Crippen LogP contribution is 2.18. The van der Waals surface area contributed by atoms with Crippen LogP contribution in [0.2, 0.25) is 0 Å². The maximum atomic E-state index is 1.50. The van der Waals surface area contributed by atoms with E-state index in [1.54, 1.807) is 0 Å². The lowest BCUT2D eigenvalue weighted by Gasteiger charge is -1.05. The molecule has 14 rings (SSSR count). The molecule has 0 N–H and O–H groups in total. The van der Waals surface area contributed by atoms with Gasteiger partial charge in [-0.2, -0.15) is 0 Å². The standard InChI is InChI=1S/14C3H6/c14*1-2-3-1/h14*1-3H2. The average Bonchev–Trinajstić information content (AvgIpc) is 4.02. The van der Waals surface area contributed by atoms with Crippen LogP contribution in [0, 0.1) is 0 Å². The molecule has 14 fully saturated rings. The van der Waals surface area contributed by atoms with Crippen LogP contribution in [0.15, 0.2) is 0 Å². The van der Waals surface area contributed by atoms with Gasteiger partial charge in [0.15, 0.2) is 0 Å². The average molecular weight is 589 g/mol. The second kappa shape index (κ2) is 37.2. The van der Waals surface area contributed by atoms with Gasteiger partial charge < -0.3 is 0 Å². The molecular weight excluding hydrogens is 504 g/mol. The first-order chi connectivity index (χ1) is 21.0. The first-order valence-electron chi connectivity index (χ1n) is 21.0. The van der Waals surface area contributed by atoms with Crippen molar-refractivity contribution in [3.8, 4) is 0 Å². The van der Waals surface area contributed by atoms with Crippen LogP contribution in [0.3, 0.4) is 0 Å². The molecule has 0 aromatic rings. The van der Waals surface area contributed by atoms with E-state index >= 15 is 0 Å². The highest BCUT2D eigenvalue weighted by molar-refractivity contribution is 4.54. The summed E-state index contributed by atoms with van der Waals surface area (Å²) >= 11 is 0. The molecule has 0 aromatic carbocycles. The Balaban J connectivity index is 0.000000226. The lowest BCUT2D eigenvalue weighted by atomic mass is 11.0. The van der Waals surface area contributed by atoms with Crippen molar-refractivity contribution in [2.75, 3.05) is 0 Å². The molecule has 14 aliphatic rings. The van der Waals surface area contributed by atoms with Crippen LogP contribution < -0.4 is 0 Å². The van der Waals surface area contributed by atoms with Crippen LogP contribution in [-0.4, -0.2) is 0 Å². The van der Waals surface area contributed by atoms with Gasteiger partial charge in [-0.05, 0) is 0 Å². The Kier molecular flexibility index (Phi) is 35.4. The Morgan fingerprint density at radius 1 is 0.0476 bits per heavy atom. The summed E-state index contributed by atoms with van der Waals surface area (Å²) in [6.07, 6.45) is 63.0. The summed E-state index contributed by atoms with van der Waals surface area (Å²) in [5.41, 5.74) is 0. The summed E-state index contributed by atoms with van der Waals surface area (Å²) in [4.78, 5) is 0. The van der Waals surface area contributed by atoms with E-state index in [1.165, 1.54) is 270 Å². The van der Waals surface area contributed by atoms with Gasteiger partial charge in [0, 0.05) is 0 Å². The lowest BCUT2D eigenvalue weighted by molar-refractivity contribution is 1.50. The molecule has 0 spiro atoms. The molecule has 0 unspecified atom stereocenters. The number of hydrogen-bond donors (Lipinski definition) is 0. The Morgan fingerprint density at radius 2 is 0.0714 bits per heavy atom. The molecule has 14 saturated carbocycles. The largest absolute Gasteiger partial charge is 0.0533 e.